The van der Waals surface area contributed by atoms with Crippen LogP contribution in [0.2, 0.25) is 0 Å². The van der Waals surface area contributed by atoms with Gasteiger partial charge in [0, 0.05) is 11.7 Å². The van der Waals surface area contributed by atoms with Gasteiger partial charge in [0.2, 0.25) is 0 Å². The lowest BCUT2D eigenvalue weighted by Crippen LogP contribution is -2.24. The van der Waals surface area contributed by atoms with Gasteiger partial charge in [-0.05, 0) is 59.0 Å². The molecular weight excluding hydrogens is 246 g/mol. The highest BCUT2D eigenvalue weighted by molar-refractivity contribution is 7.99. The van der Waals surface area contributed by atoms with Gasteiger partial charge in [-0.3, -0.25) is 0 Å². The molecule has 0 spiro atoms. The molecule has 1 fully saturated rings. The number of hydrogen-bond acceptors (Lipinski definition) is 5. The van der Waals surface area contributed by atoms with Gasteiger partial charge >= 0.3 is 0 Å². The normalized spacial score (nSPS) is 16.7. The van der Waals surface area contributed by atoms with E-state index < -0.39 is 0 Å². The van der Waals surface area contributed by atoms with Crippen LogP contribution in [0, 0.1) is 0 Å². The van der Waals surface area contributed by atoms with Crippen molar-refractivity contribution >= 4 is 17.4 Å². The lowest BCUT2D eigenvalue weighted by molar-refractivity contribution is 0.667. The van der Waals surface area contributed by atoms with Gasteiger partial charge < -0.3 is 5.32 Å². The summed E-state index contributed by atoms with van der Waals surface area (Å²) in [5.74, 6) is 2.53. The van der Waals surface area contributed by atoms with E-state index in [-0.39, 0.29) is 0 Å². The Kier molecular flexibility index (Phi) is 3.45. The van der Waals surface area contributed by atoms with Gasteiger partial charge in [-0.25, -0.2) is 4.68 Å². The SMILES string of the molecule is c1cc(-n2cnnn2)ccc1NC1CCSCC1. The fourth-order valence-corrected chi connectivity index (χ4v) is 3.17. The van der Waals surface area contributed by atoms with Crippen molar-refractivity contribution < 1.29 is 0 Å². The lowest BCUT2D eigenvalue weighted by atomic mass is 10.1. The maximum absolute atomic E-state index is 3.86. The quantitative estimate of drug-likeness (QED) is 0.915. The summed E-state index contributed by atoms with van der Waals surface area (Å²) < 4.78 is 1.65. The minimum absolute atomic E-state index is 0.616. The summed E-state index contributed by atoms with van der Waals surface area (Å²) in [6.45, 7) is 0. The molecule has 1 aliphatic heterocycles. The fraction of sp³-hybridized carbons (Fsp3) is 0.417. The van der Waals surface area contributed by atoms with Crippen molar-refractivity contribution in [3.63, 3.8) is 0 Å². The van der Waals surface area contributed by atoms with Gasteiger partial charge in [-0.2, -0.15) is 11.8 Å². The molecule has 5 nitrogen and oxygen atoms in total. The van der Waals surface area contributed by atoms with E-state index >= 15 is 0 Å². The predicted octanol–water partition coefficient (Wildman–Crippen LogP) is 1.97. The van der Waals surface area contributed by atoms with E-state index in [1.165, 1.54) is 30.0 Å². The van der Waals surface area contributed by atoms with Gasteiger partial charge in [0.05, 0.1) is 5.69 Å². The fourth-order valence-electron chi connectivity index (χ4n) is 2.07. The predicted molar refractivity (Wildman–Crippen MR) is 73.1 cm³/mol. The topological polar surface area (TPSA) is 55.6 Å². The van der Waals surface area contributed by atoms with Crippen molar-refractivity contribution in [3.8, 4) is 5.69 Å². The van der Waals surface area contributed by atoms with Crippen LogP contribution < -0.4 is 5.32 Å². The van der Waals surface area contributed by atoms with Crippen LogP contribution in [0.25, 0.3) is 5.69 Å². The van der Waals surface area contributed by atoms with Gasteiger partial charge in [0.15, 0.2) is 0 Å². The Morgan fingerprint density at radius 1 is 1.17 bits per heavy atom. The Balaban J connectivity index is 1.67. The summed E-state index contributed by atoms with van der Waals surface area (Å²) in [5.41, 5.74) is 2.15. The number of rotatable bonds is 3. The molecule has 18 heavy (non-hydrogen) atoms. The van der Waals surface area contributed by atoms with Gasteiger partial charge in [-0.15, -0.1) is 5.10 Å². The number of tetrazole rings is 1. The highest BCUT2D eigenvalue weighted by atomic mass is 32.2. The second-order valence-corrected chi connectivity index (χ2v) is 5.56. The van der Waals surface area contributed by atoms with Crippen LogP contribution in [0.3, 0.4) is 0 Å². The number of aromatic nitrogens is 4. The molecule has 1 aliphatic rings. The summed E-state index contributed by atoms with van der Waals surface area (Å²) in [6, 6.07) is 8.83. The zero-order valence-corrected chi connectivity index (χ0v) is 10.8. The molecule has 2 heterocycles. The minimum atomic E-state index is 0.616. The van der Waals surface area contributed by atoms with Crippen LogP contribution >= 0.6 is 11.8 Å². The van der Waals surface area contributed by atoms with E-state index in [0.29, 0.717) is 6.04 Å². The van der Waals surface area contributed by atoms with Crippen molar-refractivity contribution in [2.45, 2.75) is 18.9 Å². The Morgan fingerprint density at radius 3 is 2.61 bits per heavy atom. The second kappa shape index (κ2) is 5.39. The van der Waals surface area contributed by atoms with Crippen molar-refractivity contribution in [1.29, 1.82) is 0 Å². The standard InChI is InChI=1S/C12H15N5S/c1-3-12(17-9-13-15-16-17)4-2-10(1)14-11-5-7-18-8-6-11/h1-4,9,11,14H,5-8H2. The molecule has 1 aromatic carbocycles. The first kappa shape index (κ1) is 11.5. The number of hydrogen-bond donors (Lipinski definition) is 1. The first-order valence-electron chi connectivity index (χ1n) is 6.09. The van der Waals surface area contributed by atoms with E-state index in [0.717, 1.165) is 5.69 Å². The van der Waals surface area contributed by atoms with E-state index in [1.54, 1.807) is 11.0 Å². The Bertz CT molecular complexity index is 476. The average molecular weight is 261 g/mol. The van der Waals surface area contributed by atoms with Crippen molar-refractivity contribution in [1.82, 2.24) is 20.2 Å². The molecule has 94 valence electrons. The van der Waals surface area contributed by atoms with Crippen molar-refractivity contribution in [2.24, 2.45) is 0 Å². The van der Waals surface area contributed by atoms with Crippen LogP contribution in [0.15, 0.2) is 30.6 Å². The number of nitrogens with zero attached hydrogens (tertiary/aromatic N) is 4. The molecule has 1 saturated heterocycles. The molecule has 0 saturated carbocycles. The van der Waals surface area contributed by atoms with Crippen LogP contribution in [-0.4, -0.2) is 37.8 Å². The van der Waals surface area contributed by atoms with Crippen molar-refractivity contribution in [3.05, 3.63) is 30.6 Å². The Hall–Kier alpha value is -1.56. The second-order valence-electron chi connectivity index (χ2n) is 4.33. The molecule has 2 aromatic rings. The first-order chi connectivity index (χ1) is 8.92. The van der Waals surface area contributed by atoms with E-state index in [2.05, 4.69) is 33.0 Å². The van der Waals surface area contributed by atoms with E-state index in [4.69, 9.17) is 0 Å². The van der Waals surface area contributed by atoms with Crippen LogP contribution in [0.5, 0.6) is 0 Å². The Morgan fingerprint density at radius 2 is 1.94 bits per heavy atom. The van der Waals surface area contributed by atoms with Gasteiger partial charge in [-0.1, -0.05) is 0 Å². The van der Waals surface area contributed by atoms with Crippen molar-refractivity contribution in [2.75, 3.05) is 16.8 Å². The third-order valence-corrected chi connectivity index (χ3v) is 4.12. The monoisotopic (exact) mass is 261 g/mol. The smallest absolute Gasteiger partial charge is 0.143 e. The third kappa shape index (κ3) is 2.64. The molecule has 0 amide bonds. The van der Waals surface area contributed by atoms with Crippen LogP contribution in [-0.2, 0) is 0 Å². The molecule has 3 rings (SSSR count). The van der Waals surface area contributed by atoms with E-state index in [9.17, 15) is 0 Å². The molecule has 1 aromatic heterocycles. The highest BCUT2D eigenvalue weighted by Crippen LogP contribution is 2.21. The summed E-state index contributed by atoms with van der Waals surface area (Å²) in [5, 5.41) is 14.7. The molecule has 0 atom stereocenters. The molecule has 6 heteroatoms. The molecule has 0 bridgehead atoms. The maximum atomic E-state index is 3.86. The number of anilines is 1. The summed E-state index contributed by atoms with van der Waals surface area (Å²) in [7, 11) is 0. The average Bonchev–Trinajstić information content (AvgIpc) is 2.95. The number of thioether (sulfide) groups is 1. The third-order valence-electron chi connectivity index (χ3n) is 3.07. The van der Waals surface area contributed by atoms with E-state index in [1.807, 2.05) is 23.9 Å². The summed E-state index contributed by atoms with van der Waals surface area (Å²) in [4.78, 5) is 0. The molecular formula is C12H15N5S. The maximum Gasteiger partial charge on any atom is 0.143 e. The zero-order chi connectivity index (χ0) is 12.2. The van der Waals surface area contributed by atoms with Crippen LogP contribution in [0.4, 0.5) is 5.69 Å². The molecule has 0 radical (unpaired) electrons. The highest BCUT2D eigenvalue weighted by Gasteiger charge is 2.12. The Labute approximate surface area is 110 Å². The lowest BCUT2D eigenvalue weighted by Gasteiger charge is -2.23. The van der Waals surface area contributed by atoms with Gasteiger partial charge in [0.25, 0.3) is 0 Å². The minimum Gasteiger partial charge on any atom is -0.382 e. The zero-order valence-electron chi connectivity index (χ0n) is 9.99. The molecule has 0 aliphatic carbocycles. The summed E-state index contributed by atoms with van der Waals surface area (Å²) in [6.07, 6.45) is 4.10. The molecule has 0 unspecified atom stereocenters. The molecule has 1 N–H and O–H groups in total. The largest absolute Gasteiger partial charge is 0.382 e. The summed E-state index contributed by atoms with van der Waals surface area (Å²) >= 11 is 2.04. The van der Waals surface area contributed by atoms with Gasteiger partial charge in [0.1, 0.15) is 6.33 Å². The number of benzene rings is 1. The van der Waals surface area contributed by atoms with Crippen LogP contribution in [0.1, 0.15) is 12.8 Å². The number of nitrogens with one attached hydrogen (secondary N) is 1. The first-order valence-corrected chi connectivity index (χ1v) is 7.25.